The van der Waals surface area contributed by atoms with E-state index in [-0.39, 0.29) is 5.75 Å². The average Bonchev–Trinajstić information content (AvgIpc) is 1.78. The maximum absolute atomic E-state index is 10.1. The molecule has 0 bridgehead atoms. The molecular formula is C6H12O3S. The highest BCUT2D eigenvalue weighted by molar-refractivity contribution is 7.85. The van der Waals surface area contributed by atoms with E-state index < -0.39 is 10.1 Å². The van der Waals surface area contributed by atoms with Crippen LogP contribution in [0.3, 0.4) is 0 Å². The Labute approximate surface area is 61.5 Å². The van der Waals surface area contributed by atoms with Gasteiger partial charge in [0, 0.05) is 0 Å². The highest BCUT2D eigenvalue weighted by atomic mass is 32.2. The lowest BCUT2D eigenvalue weighted by atomic mass is 10.3. The average molecular weight is 164 g/mol. The van der Waals surface area contributed by atoms with Crippen LogP contribution in [0.5, 0.6) is 0 Å². The first kappa shape index (κ1) is 9.65. The van der Waals surface area contributed by atoms with Crippen molar-refractivity contribution in [2.75, 3.05) is 5.75 Å². The zero-order chi connectivity index (χ0) is 8.04. The predicted octanol–water partition coefficient (Wildman–Crippen LogP) is 1.23. The van der Waals surface area contributed by atoms with Crippen molar-refractivity contribution in [1.82, 2.24) is 0 Å². The van der Waals surface area contributed by atoms with Crippen LogP contribution in [-0.2, 0) is 10.1 Å². The fourth-order valence-corrected chi connectivity index (χ4v) is 0.853. The van der Waals surface area contributed by atoms with Crippen LogP contribution in [0.2, 0.25) is 0 Å². The van der Waals surface area contributed by atoms with Crippen LogP contribution in [0.4, 0.5) is 0 Å². The minimum absolute atomic E-state index is 0.271. The van der Waals surface area contributed by atoms with Crippen LogP contribution < -0.4 is 0 Å². The lowest BCUT2D eigenvalue weighted by Gasteiger charge is -1.86. The third-order valence-corrected chi connectivity index (χ3v) is 1.54. The van der Waals surface area contributed by atoms with Gasteiger partial charge in [0.2, 0.25) is 0 Å². The van der Waals surface area contributed by atoms with Crippen LogP contribution >= 0.6 is 0 Å². The zero-order valence-electron chi connectivity index (χ0n) is 5.95. The zero-order valence-corrected chi connectivity index (χ0v) is 6.76. The number of rotatable bonds is 4. The number of hydrogen-bond donors (Lipinski definition) is 1. The van der Waals surface area contributed by atoms with Crippen molar-refractivity contribution < 1.29 is 13.0 Å². The van der Waals surface area contributed by atoms with Crippen LogP contribution in [0.1, 0.15) is 19.8 Å². The fraction of sp³-hybridized carbons (Fsp3) is 0.667. The van der Waals surface area contributed by atoms with Crippen molar-refractivity contribution in [1.29, 1.82) is 0 Å². The molecule has 1 N–H and O–H groups in total. The van der Waals surface area contributed by atoms with Gasteiger partial charge in [-0.05, 0) is 6.42 Å². The second-order valence-corrected chi connectivity index (χ2v) is 3.51. The molecule has 3 nitrogen and oxygen atoms in total. The Kier molecular flexibility index (Phi) is 4.31. The van der Waals surface area contributed by atoms with Gasteiger partial charge in [-0.15, -0.1) is 0 Å². The topological polar surface area (TPSA) is 54.4 Å². The first-order chi connectivity index (χ1) is 4.56. The molecule has 0 aliphatic heterocycles. The number of allylic oxidation sites excluding steroid dienone is 1. The summed E-state index contributed by atoms with van der Waals surface area (Å²) in [6.07, 6.45) is 5.05. The van der Waals surface area contributed by atoms with Crippen molar-refractivity contribution in [3.63, 3.8) is 0 Å². The van der Waals surface area contributed by atoms with Gasteiger partial charge in [-0.3, -0.25) is 4.55 Å². The summed E-state index contributed by atoms with van der Waals surface area (Å²) in [5.41, 5.74) is 0. The molecule has 0 spiro atoms. The number of hydrogen-bond acceptors (Lipinski definition) is 2. The molecule has 0 aromatic carbocycles. The molecule has 0 atom stereocenters. The second kappa shape index (κ2) is 4.46. The molecule has 0 aliphatic carbocycles. The molecule has 10 heavy (non-hydrogen) atoms. The molecule has 60 valence electrons. The molecule has 0 aliphatic rings. The van der Waals surface area contributed by atoms with Crippen molar-refractivity contribution in [3.8, 4) is 0 Å². The van der Waals surface area contributed by atoms with Gasteiger partial charge in [0.05, 0.1) is 5.75 Å². The molecule has 0 rings (SSSR count). The normalized spacial score (nSPS) is 12.6. The summed E-state index contributed by atoms with van der Waals surface area (Å²) in [4.78, 5) is 0. The molecule has 0 unspecified atom stereocenters. The van der Waals surface area contributed by atoms with Crippen molar-refractivity contribution in [2.24, 2.45) is 0 Å². The highest BCUT2D eigenvalue weighted by Gasteiger charge is 1.97. The van der Waals surface area contributed by atoms with Crippen molar-refractivity contribution in [2.45, 2.75) is 19.8 Å². The highest BCUT2D eigenvalue weighted by Crippen LogP contribution is 1.90. The van der Waals surface area contributed by atoms with Gasteiger partial charge in [0.25, 0.3) is 10.1 Å². The van der Waals surface area contributed by atoms with Crippen LogP contribution in [-0.4, -0.2) is 18.7 Å². The Bertz CT molecular complexity index is 191. The summed E-state index contributed by atoms with van der Waals surface area (Å²) in [6, 6.07) is 0. The van der Waals surface area contributed by atoms with E-state index in [0.29, 0.717) is 0 Å². The van der Waals surface area contributed by atoms with E-state index in [4.69, 9.17) is 4.55 Å². The molecule has 0 heterocycles. The molecule has 0 radical (unpaired) electrons. The van der Waals surface area contributed by atoms with E-state index >= 15 is 0 Å². The van der Waals surface area contributed by atoms with E-state index in [9.17, 15) is 8.42 Å². The fourth-order valence-electron chi connectivity index (χ4n) is 0.474. The summed E-state index contributed by atoms with van der Waals surface area (Å²) < 4.78 is 28.4. The molecule has 0 saturated carbocycles. The molecule has 0 amide bonds. The lowest BCUT2D eigenvalue weighted by Crippen LogP contribution is -1.99. The molecular weight excluding hydrogens is 152 g/mol. The van der Waals surface area contributed by atoms with Crippen molar-refractivity contribution >= 4 is 10.1 Å². The van der Waals surface area contributed by atoms with Gasteiger partial charge < -0.3 is 0 Å². The molecule has 0 aromatic heterocycles. The van der Waals surface area contributed by atoms with Crippen LogP contribution in [0.25, 0.3) is 0 Å². The second-order valence-electron chi connectivity index (χ2n) is 2.01. The molecule has 0 fully saturated rings. The van der Waals surface area contributed by atoms with Gasteiger partial charge >= 0.3 is 0 Å². The standard InChI is InChI=1S/C6H12O3S/c1-2-3-4-5-6-10(7,8)9/h4-5H,2-3,6H2,1H3,(H,7,8,9)/b5-4-. The summed E-state index contributed by atoms with van der Waals surface area (Å²) in [5.74, 6) is -0.271. The van der Waals surface area contributed by atoms with Crippen LogP contribution in [0, 0.1) is 0 Å². The third kappa shape index (κ3) is 7.65. The van der Waals surface area contributed by atoms with Gasteiger partial charge in [-0.1, -0.05) is 25.5 Å². The van der Waals surface area contributed by atoms with E-state index in [1.165, 1.54) is 6.08 Å². The third-order valence-electron chi connectivity index (χ3n) is 0.929. The maximum atomic E-state index is 10.1. The first-order valence-electron chi connectivity index (χ1n) is 3.16. The summed E-state index contributed by atoms with van der Waals surface area (Å²) in [6.45, 7) is 2.00. The molecule has 0 aromatic rings. The van der Waals surface area contributed by atoms with Gasteiger partial charge in [0.15, 0.2) is 0 Å². The van der Waals surface area contributed by atoms with Crippen molar-refractivity contribution in [3.05, 3.63) is 12.2 Å². The Morgan fingerprint density at radius 3 is 2.40 bits per heavy atom. The largest absolute Gasteiger partial charge is 0.285 e. The Morgan fingerprint density at radius 1 is 1.40 bits per heavy atom. The SMILES string of the molecule is CCC/C=C\CS(=O)(=O)O. The maximum Gasteiger partial charge on any atom is 0.268 e. The predicted molar refractivity (Wildman–Crippen MR) is 40.5 cm³/mol. The van der Waals surface area contributed by atoms with Gasteiger partial charge in [-0.2, -0.15) is 8.42 Å². The first-order valence-corrected chi connectivity index (χ1v) is 4.77. The van der Waals surface area contributed by atoms with E-state index in [1.54, 1.807) is 6.08 Å². The minimum Gasteiger partial charge on any atom is -0.285 e. The number of unbranched alkanes of at least 4 members (excludes halogenated alkanes) is 1. The quantitative estimate of drug-likeness (QED) is 0.502. The molecule has 4 heteroatoms. The Hall–Kier alpha value is -0.350. The monoisotopic (exact) mass is 164 g/mol. The Morgan fingerprint density at radius 2 is 2.00 bits per heavy atom. The van der Waals surface area contributed by atoms with Gasteiger partial charge in [-0.25, -0.2) is 0 Å². The van der Waals surface area contributed by atoms with E-state index in [0.717, 1.165) is 12.8 Å². The van der Waals surface area contributed by atoms with Gasteiger partial charge in [0.1, 0.15) is 0 Å². The summed E-state index contributed by atoms with van der Waals surface area (Å²) in [7, 11) is -3.79. The molecule has 0 saturated heterocycles. The summed E-state index contributed by atoms with van der Waals surface area (Å²) in [5, 5.41) is 0. The Balaban J connectivity index is 3.55. The minimum atomic E-state index is -3.79. The summed E-state index contributed by atoms with van der Waals surface area (Å²) >= 11 is 0. The smallest absolute Gasteiger partial charge is 0.268 e. The van der Waals surface area contributed by atoms with E-state index in [1.807, 2.05) is 6.92 Å². The lowest BCUT2D eigenvalue weighted by molar-refractivity contribution is 0.486. The van der Waals surface area contributed by atoms with E-state index in [2.05, 4.69) is 0 Å². The van der Waals surface area contributed by atoms with Crippen LogP contribution in [0.15, 0.2) is 12.2 Å².